The molecule has 1 aromatic rings. The lowest BCUT2D eigenvalue weighted by atomic mass is 10.2. The Morgan fingerprint density at radius 3 is 2.50 bits per heavy atom. The molecule has 6 nitrogen and oxygen atoms in total. The van der Waals surface area contributed by atoms with Crippen molar-refractivity contribution in [2.24, 2.45) is 4.99 Å². The van der Waals surface area contributed by atoms with E-state index in [4.69, 9.17) is 9.47 Å². The van der Waals surface area contributed by atoms with Gasteiger partial charge in [0.2, 0.25) is 0 Å². The van der Waals surface area contributed by atoms with E-state index in [-0.39, 0.29) is 24.0 Å². The number of rotatable bonds is 12. The molecule has 0 unspecified atom stereocenters. The van der Waals surface area contributed by atoms with Crippen LogP contribution in [0.3, 0.4) is 0 Å². The van der Waals surface area contributed by atoms with Crippen molar-refractivity contribution < 1.29 is 9.47 Å². The summed E-state index contributed by atoms with van der Waals surface area (Å²) in [5.41, 5.74) is 1.24. The van der Waals surface area contributed by atoms with Gasteiger partial charge in [-0.3, -0.25) is 4.99 Å². The molecule has 0 radical (unpaired) electrons. The van der Waals surface area contributed by atoms with Crippen molar-refractivity contribution in [1.29, 1.82) is 0 Å². The van der Waals surface area contributed by atoms with Gasteiger partial charge in [-0.2, -0.15) is 0 Å². The first kappa shape index (κ1) is 24.9. The minimum Gasteiger partial charge on any atom is -0.492 e. The van der Waals surface area contributed by atoms with Gasteiger partial charge in [0.25, 0.3) is 0 Å². The number of methoxy groups -OCH3 is 1. The number of aliphatic imine (C=N–C) groups is 1. The normalized spacial score (nSPS) is 11.2. The smallest absolute Gasteiger partial charge is 0.191 e. The van der Waals surface area contributed by atoms with E-state index in [1.807, 2.05) is 12.1 Å². The highest BCUT2D eigenvalue weighted by molar-refractivity contribution is 14.0. The zero-order chi connectivity index (χ0) is 18.3. The molecule has 1 rings (SSSR count). The average Bonchev–Trinajstić information content (AvgIpc) is 2.60. The van der Waals surface area contributed by atoms with Crippen LogP contribution in [0, 0.1) is 6.92 Å². The van der Waals surface area contributed by atoms with Crippen LogP contribution in [0.15, 0.2) is 29.3 Å². The van der Waals surface area contributed by atoms with Gasteiger partial charge in [0.1, 0.15) is 12.4 Å². The number of nitrogens with zero attached hydrogens (tertiary/aromatic N) is 2. The molecular weight excluding hydrogens is 443 g/mol. The summed E-state index contributed by atoms with van der Waals surface area (Å²) in [6.07, 6.45) is 1.05. The van der Waals surface area contributed by atoms with Crippen LogP contribution in [0.5, 0.6) is 5.75 Å². The predicted molar refractivity (Wildman–Crippen MR) is 120 cm³/mol. The Labute approximate surface area is 175 Å². The summed E-state index contributed by atoms with van der Waals surface area (Å²) < 4.78 is 10.8. The molecule has 150 valence electrons. The standard InChI is InChI=1S/C19H34N4O2.HI/c1-5-20-19(21-11-14-23(3)13-6-15-24-4)22-12-16-25-18-9-7-17(2)8-10-18;/h7-10H,5-6,11-16H2,1-4H3,(H2,20,21,22);1H. The minimum absolute atomic E-state index is 0. The van der Waals surface area contributed by atoms with E-state index in [9.17, 15) is 0 Å². The molecule has 0 aliphatic carbocycles. The predicted octanol–water partition coefficient (Wildman–Crippen LogP) is 2.52. The third kappa shape index (κ3) is 12.3. The van der Waals surface area contributed by atoms with Crippen molar-refractivity contribution in [2.45, 2.75) is 20.3 Å². The van der Waals surface area contributed by atoms with Gasteiger partial charge >= 0.3 is 0 Å². The lowest BCUT2D eigenvalue weighted by Crippen LogP contribution is -2.39. The molecule has 2 N–H and O–H groups in total. The second kappa shape index (κ2) is 16.1. The third-order valence-electron chi connectivity index (χ3n) is 3.67. The number of nitrogens with one attached hydrogen (secondary N) is 2. The molecule has 7 heteroatoms. The fourth-order valence-corrected chi connectivity index (χ4v) is 2.24. The van der Waals surface area contributed by atoms with E-state index < -0.39 is 0 Å². The Hall–Kier alpha value is -1.06. The zero-order valence-electron chi connectivity index (χ0n) is 16.6. The number of guanidine groups is 1. The maximum Gasteiger partial charge on any atom is 0.191 e. The molecule has 0 fully saturated rings. The minimum atomic E-state index is 0. The van der Waals surface area contributed by atoms with Gasteiger partial charge in [0.05, 0.1) is 13.1 Å². The summed E-state index contributed by atoms with van der Waals surface area (Å²) >= 11 is 0. The van der Waals surface area contributed by atoms with Gasteiger partial charge in [0.15, 0.2) is 5.96 Å². The van der Waals surface area contributed by atoms with Crippen molar-refractivity contribution >= 4 is 29.9 Å². The highest BCUT2D eigenvalue weighted by Crippen LogP contribution is 2.10. The number of likely N-dealkylation sites (N-methyl/N-ethyl adjacent to an activating group) is 1. The van der Waals surface area contributed by atoms with Crippen LogP contribution in [0.1, 0.15) is 18.9 Å². The SMILES string of the molecule is CCNC(=NCCN(C)CCCOC)NCCOc1ccc(C)cc1.I. The van der Waals surface area contributed by atoms with Crippen LogP contribution in [0.4, 0.5) is 0 Å². The quantitative estimate of drug-likeness (QED) is 0.209. The van der Waals surface area contributed by atoms with E-state index in [0.29, 0.717) is 13.2 Å². The molecule has 0 saturated carbocycles. The monoisotopic (exact) mass is 478 g/mol. The van der Waals surface area contributed by atoms with Crippen LogP contribution in [0.2, 0.25) is 0 Å². The Morgan fingerprint density at radius 1 is 1.12 bits per heavy atom. The third-order valence-corrected chi connectivity index (χ3v) is 3.67. The van der Waals surface area contributed by atoms with Crippen molar-refractivity contribution in [3.8, 4) is 5.75 Å². The molecular formula is C19H35IN4O2. The zero-order valence-corrected chi connectivity index (χ0v) is 18.9. The fraction of sp³-hybridized carbons (Fsp3) is 0.632. The van der Waals surface area contributed by atoms with Crippen LogP contribution in [0.25, 0.3) is 0 Å². The first-order valence-corrected chi connectivity index (χ1v) is 9.04. The highest BCUT2D eigenvalue weighted by Gasteiger charge is 2.00. The molecule has 1 aromatic carbocycles. The van der Waals surface area contributed by atoms with Gasteiger partial charge in [-0.1, -0.05) is 17.7 Å². The van der Waals surface area contributed by atoms with Crippen LogP contribution >= 0.6 is 24.0 Å². The summed E-state index contributed by atoms with van der Waals surface area (Å²) in [4.78, 5) is 6.87. The maximum atomic E-state index is 5.72. The summed E-state index contributed by atoms with van der Waals surface area (Å²) in [5, 5.41) is 6.56. The molecule has 0 atom stereocenters. The van der Waals surface area contributed by atoms with Gasteiger partial charge in [-0.25, -0.2) is 0 Å². The highest BCUT2D eigenvalue weighted by atomic mass is 127. The summed E-state index contributed by atoms with van der Waals surface area (Å²) in [5.74, 6) is 1.73. The second-order valence-electron chi connectivity index (χ2n) is 6.00. The van der Waals surface area contributed by atoms with Crippen LogP contribution in [-0.2, 0) is 4.74 Å². The van der Waals surface area contributed by atoms with Crippen molar-refractivity contribution in [1.82, 2.24) is 15.5 Å². The second-order valence-corrected chi connectivity index (χ2v) is 6.00. The Balaban J connectivity index is 0.00000625. The molecule has 0 bridgehead atoms. The summed E-state index contributed by atoms with van der Waals surface area (Å²) in [6.45, 7) is 9.81. The molecule has 26 heavy (non-hydrogen) atoms. The topological polar surface area (TPSA) is 58.1 Å². The van der Waals surface area contributed by atoms with Gasteiger partial charge in [-0.15, -0.1) is 24.0 Å². The molecule has 0 aliphatic rings. The number of benzene rings is 1. The van der Waals surface area contributed by atoms with Crippen molar-refractivity contribution in [3.63, 3.8) is 0 Å². The number of hydrogen-bond acceptors (Lipinski definition) is 4. The lowest BCUT2D eigenvalue weighted by Gasteiger charge is -2.16. The molecule has 0 heterocycles. The number of aryl methyl sites for hydroxylation is 1. The van der Waals surface area contributed by atoms with Crippen LogP contribution < -0.4 is 15.4 Å². The first-order chi connectivity index (χ1) is 12.2. The Bertz CT molecular complexity index is 483. The van der Waals surface area contributed by atoms with Gasteiger partial charge < -0.3 is 25.0 Å². The first-order valence-electron chi connectivity index (χ1n) is 9.04. The molecule has 0 amide bonds. The largest absolute Gasteiger partial charge is 0.492 e. The molecule has 0 saturated heterocycles. The van der Waals surface area contributed by atoms with Gasteiger partial charge in [0, 0.05) is 33.4 Å². The van der Waals surface area contributed by atoms with E-state index in [1.165, 1.54) is 5.56 Å². The number of ether oxygens (including phenoxy) is 2. The Kier molecular flexibility index (Phi) is 15.5. The summed E-state index contributed by atoms with van der Waals surface area (Å²) in [7, 11) is 3.85. The van der Waals surface area contributed by atoms with E-state index >= 15 is 0 Å². The van der Waals surface area contributed by atoms with Crippen LogP contribution in [-0.4, -0.2) is 71.0 Å². The molecule has 0 aliphatic heterocycles. The number of hydrogen-bond donors (Lipinski definition) is 2. The molecule has 0 aromatic heterocycles. The average molecular weight is 478 g/mol. The van der Waals surface area contributed by atoms with Crippen molar-refractivity contribution in [3.05, 3.63) is 29.8 Å². The summed E-state index contributed by atoms with van der Waals surface area (Å²) in [6, 6.07) is 8.09. The Morgan fingerprint density at radius 2 is 1.85 bits per heavy atom. The van der Waals surface area contributed by atoms with E-state index in [2.05, 4.69) is 53.6 Å². The van der Waals surface area contributed by atoms with E-state index in [0.717, 1.165) is 50.9 Å². The van der Waals surface area contributed by atoms with E-state index in [1.54, 1.807) is 7.11 Å². The maximum absolute atomic E-state index is 5.72. The fourth-order valence-electron chi connectivity index (χ4n) is 2.24. The lowest BCUT2D eigenvalue weighted by molar-refractivity contribution is 0.180. The molecule has 0 spiro atoms. The number of halogens is 1. The van der Waals surface area contributed by atoms with Crippen molar-refractivity contribution in [2.75, 3.05) is 60.1 Å². The van der Waals surface area contributed by atoms with Gasteiger partial charge in [-0.05, 0) is 39.4 Å².